The Balaban J connectivity index is 1.75. The molecule has 0 spiro atoms. The van der Waals surface area contributed by atoms with Gasteiger partial charge < -0.3 is 5.11 Å². The van der Waals surface area contributed by atoms with Crippen molar-refractivity contribution in [1.82, 2.24) is 5.84 Å². The predicted octanol–water partition coefficient (Wildman–Crippen LogP) is 3.29. The van der Waals surface area contributed by atoms with Crippen LogP contribution < -0.4 is 5.84 Å². The molecular weight excluding hydrogens is 272 g/mol. The number of aliphatic hydroxyl groups excluding tert-OH is 1. The van der Waals surface area contributed by atoms with Gasteiger partial charge >= 0.3 is 0 Å². The highest BCUT2D eigenvalue weighted by Crippen LogP contribution is 2.62. The lowest BCUT2D eigenvalue weighted by molar-refractivity contribution is 0.0521. The predicted molar refractivity (Wildman–Crippen MR) is 87.1 cm³/mol. The molecule has 3 heteroatoms. The Bertz CT molecular complexity index is 617. The minimum absolute atomic E-state index is 0.0408. The molecule has 0 aliphatic heterocycles. The Labute approximate surface area is 132 Å². The van der Waals surface area contributed by atoms with E-state index in [9.17, 15) is 10.9 Å². The van der Waals surface area contributed by atoms with Crippen LogP contribution in [0, 0.1) is 28.6 Å². The third kappa shape index (κ3) is 1.69. The summed E-state index contributed by atoms with van der Waals surface area (Å²) in [5.41, 5.74) is 2.38. The van der Waals surface area contributed by atoms with Crippen molar-refractivity contribution >= 4 is 5.71 Å². The number of allylic oxidation sites excluding steroid dienone is 4. The molecule has 0 aromatic carbocycles. The van der Waals surface area contributed by atoms with Gasteiger partial charge in [-0.2, -0.15) is 0 Å². The summed E-state index contributed by atoms with van der Waals surface area (Å²) in [5, 5.41) is 13.5. The Hall–Kier alpha value is -1.35. The molecule has 2 radical (unpaired) electrons. The van der Waals surface area contributed by atoms with Crippen molar-refractivity contribution in [3.05, 3.63) is 36.0 Å². The first kappa shape index (κ1) is 14.3. The molecule has 4 rings (SSSR count). The average Bonchev–Trinajstić information content (AvgIpc) is 2.84. The van der Waals surface area contributed by atoms with E-state index in [4.69, 9.17) is 0 Å². The highest BCUT2D eigenvalue weighted by Gasteiger charge is 2.56. The van der Waals surface area contributed by atoms with Crippen molar-refractivity contribution in [1.29, 1.82) is 0 Å². The molecule has 22 heavy (non-hydrogen) atoms. The van der Waals surface area contributed by atoms with Gasteiger partial charge in [-0.05, 0) is 60.9 Å². The van der Waals surface area contributed by atoms with E-state index in [-0.39, 0.29) is 10.8 Å². The molecule has 4 aliphatic rings. The molecule has 6 atom stereocenters. The summed E-state index contributed by atoms with van der Waals surface area (Å²) in [6.45, 7) is 4.61. The van der Waals surface area contributed by atoms with Gasteiger partial charge in [-0.3, -0.25) is 0 Å². The lowest BCUT2D eigenvalue weighted by Gasteiger charge is -2.53. The Morgan fingerprint density at radius 3 is 2.82 bits per heavy atom. The molecule has 0 bridgehead atoms. The summed E-state index contributed by atoms with van der Waals surface area (Å²) in [7, 11) is 0. The van der Waals surface area contributed by atoms with E-state index < -0.39 is 6.10 Å². The average molecular weight is 296 g/mol. The lowest BCUT2D eigenvalue weighted by Crippen LogP contribution is -2.48. The molecule has 0 amide bonds. The number of aliphatic hydroxyl groups is 1. The minimum atomic E-state index is -0.447. The smallest absolute Gasteiger partial charge is 0.0908 e. The maximum absolute atomic E-state index is 9.88. The highest BCUT2D eigenvalue weighted by atomic mass is 16.3. The normalized spacial score (nSPS) is 51.2. The van der Waals surface area contributed by atoms with E-state index in [1.807, 2.05) is 12.2 Å². The van der Waals surface area contributed by atoms with E-state index in [1.54, 1.807) is 0 Å². The van der Waals surface area contributed by atoms with Crippen LogP contribution in [-0.4, -0.2) is 16.9 Å². The first-order chi connectivity index (χ1) is 10.5. The second kappa shape index (κ2) is 4.58. The van der Waals surface area contributed by atoms with Crippen LogP contribution in [0.3, 0.4) is 0 Å². The van der Waals surface area contributed by atoms with Crippen molar-refractivity contribution in [3.8, 4) is 0 Å². The molecule has 0 aromatic rings. The fourth-order valence-corrected chi connectivity index (χ4v) is 5.72. The number of rotatable bonds is 0. The van der Waals surface area contributed by atoms with Crippen LogP contribution in [0.15, 0.2) is 41.1 Å². The van der Waals surface area contributed by atoms with Crippen LogP contribution in [0.25, 0.3) is 0 Å². The van der Waals surface area contributed by atoms with Crippen LogP contribution in [-0.2, 0) is 0 Å². The zero-order chi connectivity index (χ0) is 15.5. The summed E-state index contributed by atoms with van der Waals surface area (Å²) < 4.78 is 0. The zero-order valence-electron chi connectivity index (χ0n) is 13.4. The highest BCUT2D eigenvalue weighted by molar-refractivity contribution is 5.92. The molecule has 1 unspecified atom stereocenters. The maximum atomic E-state index is 9.88. The van der Waals surface area contributed by atoms with Gasteiger partial charge in [0.1, 0.15) is 0 Å². The van der Waals surface area contributed by atoms with Crippen molar-refractivity contribution in [2.24, 2.45) is 33.7 Å². The summed E-state index contributed by atoms with van der Waals surface area (Å²) in [6.07, 6.45) is 14.6. The van der Waals surface area contributed by atoms with Gasteiger partial charge in [0.15, 0.2) is 0 Å². The maximum Gasteiger partial charge on any atom is 0.0908 e. The lowest BCUT2D eigenvalue weighted by atomic mass is 9.50. The van der Waals surface area contributed by atoms with E-state index in [0.29, 0.717) is 17.8 Å². The fraction of sp³-hybridized carbons (Fsp3) is 0.632. The van der Waals surface area contributed by atoms with E-state index >= 15 is 0 Å². The second-order valence-electron chi connectivity index (χ2n) is 7.95. The summed E-state index contributed by atoms with van der Waals surface area (Å²) in [4.78, 5) is 0. The summed E-state index contributed by atoms with van der Waals surface area (Å²) in [6, 6.07) is 0. The first-order valence-corrected chi connectivity index (χ1v) is 8.48. The quantitative estimate of drug-likeness (QED) is 0.541. The van der Waals surface area contributed by atoms with Crippen molar-refractivity contribution in [2.45, 2.75) is 45.6 Å². The largest absolute Gasteiger partial charge is 0.385 e. The van der Waals surface area contributed by atoms with Gasteiger partial charge in [0, 0.05) is 16.5 Å². The Morgan fingerprint density at radius 2 is 2.05 bits per heavy atom. The topological polar surface area (TPSA) is 54.9 Å². The third-order valence-corrected chi connectivity index (χ3v) is 7.07. The molecule has 1 N–H and O–H groups in total. The number of nitrogens with zero attached hydrogens (tertiary/aromatic N) is 2. The standard InChI is InChI=1S/C19H24N2O/c1-18-9-7-13(22)11-12(18)3-4-14-15-5-6-17(21-20)19(15,2)10-8-16(14)18/h3-4,7,9,11,13-16,22H,5-6,8,10H2,1-2H3/t13?,14-,15-,16-,18-,19-/m0/s1. The first-order valence-electron chi connectivity index (χ1n) is 8.48. The van der Waals surface area contributed by atoms with Crippen molar-refractivity contribution < 1.29 is 5.11 Å². The van der Waals surface area contributed by atoms with Crippen LogP contribution in [0.5, 0.6) is 0 Å². The van der Waals surface area contributed by atoms with Gasteiger partial charge in [-0.25, -0.2) is 0 Å². The third-order valence-electron chi connectivity index (χ3n) is 7.07. The molecule has 0 saturated heterocycles. The van der Waals surface area contributed by atoms with Crippen LogP contribution in [0.1, 0.15) is 39.5 Å². The molecule has 2 fully saturated rings. The van der Waals surface area contributed by atoms with Gasteiger partial charge in [-0.1, -0.05) is 38.2 Å². The monoisotopic (exact) mass is 296 g/mol. The van der Waals surface area contributed by atoms with Crippen molar-refractivity contribution in [2.75, 3.05) is 0 Å². The molecule has 2 saturated carbocycles. The second-order valence-corrected chi connectivity index (χ2v) is 7.95. The van der Waals surface area contributed by atoms with E-state index in [0.717, 1.165) is 31.4 Å². The molecule has 0 heterocycles. The Morgan fingerprint density at radius 1 is 1.23 bits per heavy atom. The number of fused-ring (bicyclic) bond motifs is 5. The zero-order valence-corrected chi connectivity index (χ0v) is 13.4. The summed E-state index contributed by atoms with van der Waals surface area (Å²) in [5.74, 6) is 11.1. The van der Waals surface area contributed by atoms with Crippen LogP contribution in [0.2, 0.25) is 0 Å². The van der Waals surface area contributed by atoms with Crippen LogP contribution >= 0.6 is 0 Å². The van der Waals surface area contributed by atoms with Crippen molar-refractivity contribution in [3.63, 3.8) is 0 Å². The van der Waals surface area contributed by atoms with Crippen LogP contribution in [0.4, 0.5) is 0 Å². The molecule has 3 nitrogen and oxygen atoms in total. The van der Waals surface area contributed by atoms with E-state index in [1.165, 1.54) is 5.57 Å². The number of hydrogen-bond donors (Lipinski definition) is 1. The molecule has 116 valence electrons. The molecular formula is C19H24N2O. The van der Waals surface area contributed by atoms with Gasteiger partial charge in [0.25, 0.3) is 0 Å². The minimum Gasteiger partial charge on any atom is -0.385 e. The number of hydrogen-bond acceptors (Lipinski definition) is 2. The SMILES string of the molecule is C[C@]12C=CC(O)C=C1C=C[C@@H]1[C@@H]2CC[C@]2(C)C(=N[N])CC[C@@H]12. The Kier molecular flexibility index (Phi) is 2.96. The molecule has 4 aliphatic carbocycles. The summed E-state index contributed by atoms with van der Waals surface area (Å²) >= 11 is 0. The van der Waals surface area contributed by atoms with Gasteiger partial charge in [0.2, 0.25) is 0 Å². The fourth-order valence-electron chi connectivity index (χ4n) is 5.72. The molecule has 0 aromatic heterocycles. The van der Waals surface area contributed by atoms with E-state index in [2.05, 4.69) is 37.2 Å². The van der Waals surface area contributed by atoms with Gasteiger partial charge in [0.05, 0.1) is 6.10 Å². The van der Waals surface area contributed by atoms with Gasteiger partial charge in [-0.15, -0.1) is 5.10 Å².